The molecule has 0 saturated carbocycles. The van der Waals surface area contributed by atoms with Crippen LogP contribution in [0.5, 0.6) is 17.2 Å². The Hall–Kier alpha value is -2.84. The second-order valence-electron chi connectivity index (χ2n) is 6.64. The number of nitrogens with zero attached hydrogens (tertiary/aromatic N) is 1. The molecule has 156 valence electrons. The average molecular weight is 422 g/mol. The van der Waals surface area contributed by atoms with Crippen LogP contribution in [0, 0.1) is 16.0 Å². The van der Waals surface area contributed by atoms with Crippen LogP contribution in [-0.2, 0) is 0 Å². The molecule has 1 fully saturated rings. The fraction of sp³-hybridized carbons (Fsp3) is 0.350. The van der Waals surface area contributed by atoms with Crippen molar-refractivity contribution in [2.75, 3.05) is 26.7 Å². The summed E-state index contributed by atoms with van der Waals surface area (Å²) in [4.78, 5) is 23.3. The van der Waals surface area contributed by atoms with Gasteiger partial charge in [-0.05, 0) is 62.2 Å². The van der Waals surface area contributed by atoms with Crippen LogP contribution >= 0.6 is 12.4 Å². The van der Waals surface area contributed by atoms with Crippen LogP contribution in [0.1, 0.15) is 23.2 Å². The normalized spacial score (nSPS) is 15.7. The number of nitrogens with one attached hydrogen (secondary N) is 2. The van der Waals surface area contributed by atoms with Gasteiger partial charge in [-0.3, -0.25) is 14.9 Å². The molecule has 8 nitrogen and oxygen atoms in total. The lowest BCUT2D eigenvalue weighted by atomic mass is 9.99. The molecule has 2 aromatic carbocycles. The molecule has 1 aliphatic rings. The van der Waals surface area contributed by atoms with E-state index in [4.69, 9.17) is 9.47 Å². The molecule has 1 unspecified atom stereocenters. The van der Waals surface area contributed by atoms with Gasteiger partial charge >= 0.3 is 0 Å². The van der Waals surface area contributed by atoms with E-state index in [9.17, 15) is 14.9 Å². The lowest BCUT2D eigenvalue weighted by molar-refractivity contribution is -0.384. The number of hydrogen-bond donors (Lipinski definition) is 2. The number of non-ortho nitro benzene ring substituents is 1. The zero-order valence-electron chi connectivity index (χ0n) is 16.1. The highest BCUT2D eigenvalue weighted by Crippen LogP contribution is 2.30. The number of halogens is 1. The van der Waals surface area contributed by atoms with Crippen LogP contribution in [0.25, 0.3) is 0 Å². The number of hydrogen-bond acceptors (Lipinski definition) is 6. The molecule has 1 atom stereocenters. The zero-order chi connectivity index (χ0) is 19.9. The van der Waals surface area contributed by atoms with E-state index in [0.29, 0.717) is 24.0 Å². The second-order valence-corrected chi connectivity index (χ2v) is 6.64. The van der Waals surface area contributed by atoms with Gasteiger partial charge in [0.05, 0.1) is 17.6 Å². The first kappa shape index (κ1) is 22.4. The number of rotatable bonds is 7. The third kappa shape index (κ3) is 6.07. The largest absolute Gasteiger partial charge is 0.497 e. The number of nitro benzene ring substituents is 1. The van der Waals surface area contributed by atoms with Crippen molar-refractivity contribution in [1.29, 1.82) is 0 Å². The molecule has 0 bridgehead atoms. The van der Waals surface area contributed by atoms with Crippen LogP contribution < -0.4 is 20.1 Å². The molecule has 0 aromatic heterocycles. The van der Waals surface area contributed by atoms with Crippen molar-refractivity contribution in [2.45, 2.75) is 12.8 Å². The number of carbonyl (C=O) groups is 1. The van der Waals surface area contributed by atoms with Gasteiger partial charge in [0.2, 0.25) is 0 Å². The summed E-state index contributed by atoms with van der Waals surface area (Å²) in [5.74, 6) is 1.39. The van der Waals surface area contributed by atoms with E-state index < -0.39 is 10.8 Å². The number of nitro groups is 1. The topological polar surface area (TPSA) is 103 Å². The van der Waals surface area contributed by atoms with Gasteiger partial charge in [0.1, 0.15) is 17.2 Å². The third-order valence-electron chi connectivity index (χ3n) is 4.66. The van der Waals surface area contributed by atoms with E-state index in [2.05, 4.69) is 10.6 Å². The van der Waals surface area contributed by atoms with Gasteiger partial charge in [-0.1, -0.05) is 0 Å². The predicted molar refractivity (Wildman–Crippen MR) is 111 cm³/mol. The van der Waals surface area contributed by atoms with E-state index in [1.54, 1.807) is 31.4 Å². The van der Waals surface area contributed by atoms with Gasteiger partial charge < -0.3 is 20.1 Å². The Kier molecular flexibility index (Phi) is 8.23. The van der Waals surface area contributed by atoms with Gasteiger partial charge in [-0.25, -0.2) is 0 Å². The van der Waals surface area contributed by atoms with E-state index in [0.717, 1.165) is 25.9 Å². The fourth-order valence-electron chi connectivity index (χ4n) is 3.10. The van der Waals surface area contributed by atoms with Gasteiger partial charge in [0.25, 0.3) is 11.6 Å². The van der Waals surface area contributed by atoms with Crippen LogP contribution in [-0.4, -0.2) is 37.6 Å². The smallest absolute Gasteiger partial charge is 0.270 e. The molecule has 2 N–H and O–H groups in total. The third-order valence-corrected chi connectivity index (χ3v) is 4.66. The quantitative estimate of drug-likeness (QED) is 0.523. The molecule has 2 aromatic rings. The number of benzene rings is 2. The first-order valence-corrected chi connectivity index (χ1v) is 9.16. The lowest BCUT2D eigenvalue weighted by Gasteiger charge is -2.23. The van der Waals surface area contributed by atoms with Gasteiger partial charge in [-0.2, -0.15) is 0 Å². The zero-order valence-corrected chi connectivity index (χ0v) is 16.9. The number of methoxy groups -OCH3 is 1. The van der Waals surface area contributed by atoms with Crippen molar-refractivity contribution in [2.24, 2.45) is 5.92 Å². The van der Waals surface area contributed by atoms with Gasteiger partial charge in [0, 0.05) is 18.7 Å². The highest BCUT2D eigenvalue weighted by molar-refractivity contribution is 5.97. The minimum Gasteiger partial charge on any atom is -0.497 e. The summed E-state index contributed by atoms with van der Waals surface area (Å²) in [6.45, 7) is 2.36. The number of ether oxygens (including phenoxy) is 2. The SMILES string of the molecule is COc1ccc(Oc2ccc([N+](=O)[O-])cc2C(=O)NCC2CCCNC2)cc1.Cl. The number of piperidine rings is 1. The maximum absolute atomic E-state index is 12.7. The molecule has 1 amide bonds. The standard InChI is InChI=1S/C20H23N3O5.ClH/c1-27-16-5-7-17(8-6-16)28-19-9-4-15(23(25)26)11-18(19)20(24)22-13-14-3-2-10-21-12-14;/h4-9,11,14,21H,2-3,10,12-13H2,1H3,(H,22,24);1H. The van der Waals surface area contributed by atoms with E-state index in [-0.39, 0.29) is 29.4 Å². The first-order chi connectivity index (χ1) is 13.6. The number of amides is 1. The van der Waals surface area contributed by atoms with Gasteiger partial charge in [0.15, 0.2) is 0 Å². The van der Waals surface area contributed by atoms with Crippen molar-refractivity contribution < 1.29 is 19.2 Å². The Morgan fingerprint density at radius 3 is 2.59 bits per heavy atom. The van der Waals surface area contributed by atoms with E-state index in [1.165, 1.54) is 18.2 Å². The van der Waals surface area contributed by atoms with Crippen molar-refractivity contribution in [1.82, 2.24) is 10.6 Å². The Labute approximate surface area is 175 Å². The summed E-state index contributed by atoms with van der Waals surface area (Å²) in [6.07, 6.45) is 2.11. The van der Waals surface area contributed by atoms with Crippen molar-refractivity contribution in [3.8, 4) is 17.2 Å². The Morgan fingerprint density at radius 1 is 1.24 bits per heavy atom. The van der Waals surface area contributed by atoms with E-state index >= 15 is 0 Å². The van der Waals surface area contributed by atoms with Crippen LogP contribution in [0.15, 0.2) is 42.5 Å². The molecular formula is C20H24ClN3O5. The maximum Gasteiger partial charge on any atom is 0.270 e. The second kappa shape index (κ2) is 10.6. The van der Waals surface area contributed by atoms with Crippen molar-refractivity contribution in [3.05, 3.63) is 58.1 Å². The molecular weight excluding hydrogens is 398 g/mol. The first-order valence-electron chi connectivity index (χ1n) is 9.16. The molecule has 3 rings (SSSR count). The molecule has 1 aliphatic heterocycles. The minimum atomic E-state index is -0.529. The molecule has 0 aliphatic carbocycles. The van der Waals surface area contributed by atoms with Crippen LogP contribution in [0.3, 0.4) is 0 Å². The molecule has 1 heterocycles. The highest BCUT2D eigenvalue weighted by atomic mass is 35.5. The number of carbonyl (C=O) groups excluding carboxylic acids is 1. The van der Waals surface area contributed by atoms with E-state index in [1.807, 2.05) is 0 Å². The fourth-order valence-corrected chi connectivity index (χ4v) is 3.10. The Morgan fingerprint density at radius 2 is 1.97 bits per heavy atom. The van der Waals surface area contributed by atoms with Crippen molar-refractivity contribution in [3.63, 3.8) is 0 Å². The predicted octanol–water partition coefficient (Wildman–Crippen LogP) is 3.55. The summed E-state index contributed by atoms with van der Waals surface area (Å²) < 4.78 is 10.9. The van der Waals surface area contributed by atoms with Crippen molar-refractivity contribution >= 4 is 24.0 Å². The Balaban J connectivity index is 0.00000300. The lowest BCUT2D eigenvalue weighted by Crippen LogP contribution is -2.38. The molecule has 29 heavy (non-hydrogen) atoms. The highest BCUT2D eigenvalue weighted by Gasteiger charge is 2.20. The summed E-state index contributed by atoms with van der Waals surface area (Å²) in [5, 5.41) is 17.3. The maximum atomic E-state index is 12.7. The monoisotopic (exact) mass is 421 g/mol. The summed E-state index contributed by atoms with van der Waals surface area (Å²) in [5.41, 5.74) is -0.0275. The molecule has 9 heteroatoms. The summed E-state index contributed by atoms with van der Waals surface area (Å²) in [7, 11) is 1.57. The summed E-state index contributed by atoms with van der Waals surface area (Å²) >= 11 is 0. The Bertz CT molecular complexity index is 839. The average Bonchev–Trinajstić information content (AvgIpc) is 2.73. The van der Waals surface area contributed by atoms with Crippen LogP contribution in [0.4, 0.5) is 5.69 Å². The van der Waals surface area contributed by atoms with Gasteiger partial charge in [-0.15, -0.1) is 12.4 Å². The minimum absolute atomic E-state index is 0. The molecule has 0 spiro atoms. The molecule has 1 saturated heterocycles. The van der Waals surface area contributed by atoms with Crippen LogP contribution in [0.2, 0.25) is 0 Å². The summed E-state index contributed by atoms with van der Waals surface area (Å²) in [6, 6.07) is 10.9. The molecule has 0 radical (unpaired) electrons.